The Morgan fingerprint density at radius 2 is 1.81 bits per heavy atom. The van der Waals surface area contributed by atoms with Crippen molar-refractivity contribution < 1.29 is 9.47 Å². The summed E-state index contributed by atoms with van der Waals surface area (Å²) < 4.78 is 14.3. The van der Waals surface area contributed by atoms with Gasteiger partial charge in [0.25, 0.3) is 0 Å². The van der Waals surface area contributed by atoms with Crippen LogP contribution in [0.15, 0.2) is 30.5 Å². The highest BCUT2D eigenvalue weighted by Gasteiger charge is 2.48. The van der Waals surface area contributed by atoms with Crippen LogP contribution in [0.2, 0.25) is 0 Å². The van der Waals surface area contributed by atoms with Gasteiger partial charge in [-0.05, 0) is 30.0 Å². The van der Waals surface area contributed by atoms with Crippen molar-refractivity contribution in [2.75, 3.05) is 32.2 Å². The maximum absolute atomic E-state index is 6.17. The molecule has 0 spiro atoms. The third-order valence-electron chi connectivity index (χ3n) is 7.17. The molecule has 1 aromatic carbocycles. The molecule has 3 heterocycles. The quantitative estimate of drug-likeness (QED) is 0.736. The van der Waals surface area contributed by atoms with Gasteiger partial charge in [-0.25, -0.2) is 4.68 Å². The molecule has 0 amide bonds. The lowest BCUT2D eigenvalue weighted by Crippen LogP contribution is -2.40. The van der Waals surface area contributed by atoms with E-state index in [4.69, 9.17) is 9.47 Å². The van der Waals surface area contributed by atoms with E-state index < -0.39 is 0 Å². The van der Waals surface area contributed by atoms with Crippen LogP contribution in [0.5, 0.6) is 0 Å². The number of ether oxygens (including phenoxy) is 2. The lowest BCUT2D eigenvalue weighted by Gasteiger charge is -2.20. The minimum atomic E-state index is 0.0397. The molecular formula is C24H35N5O2. The summed E-state index contributed by atoms with van der Waals surface area (Å²) in [5.41, 5.74) is 3.60. The third kappa shape index (κ3) is 4.64. The predicted molar refractivity (Wildman–Crippen MR) is 120 cm³/mol. The van der Waals surface area contributed by atoms with E-state index in [1.807, 2.05) is 4.68 Å². The standard InChI is InChI=1S/C24H35N5O2/c1-28(2)20-10-8-18(9-11-20)13-25-21-15-30-24-22(16-31-23(21)24)29-14-19(26-27-29)12-17-6-4-3-5-7-17/h8-11,14,17,21-25H,3-7,12-13,15-16H2,1-2H3/t21-,22-,23+,24+/m0/s1. The molecule has 2 saturated heterocycles. The van der Waals surface area contributed by atoms with E-state index in [0.717, 1.165) is 24.6 Å². The van der Waals surface area contributed by atoms with Crippen molar-refractivity contribution in [2.45, 2.75) is 69.4 Å². The van der Waals surface area contributed by atoms with Crippen molar-refractivity contribution in [3.05, 3.63) is 41.7 Å². The van der Waals surface area contributed by atoms with Crippen LogP contribution in [-0.2, 0) is 22.4 Å². The average molecular weight is 426 g/mol. The first-order valence-electron chi connectivity index (χ1n) is 11.8. The van der Waals surface area contributed by atoms with Gasteiger partial charge >= 0.3 is 0 Å². The van der Waals surface area contributed by atoms with E-state index in [0.29, 0.717) is 13.2 Å². The Kier molecular flexibility index (Phi) is 6.25. The second kappa shape index (κ2) is 9.27. The van der Waals surface area contributed by atoms with E-state index in [9.17, 15) is 0 Å². The number of aromatic nitrogens is 3. The fraction of sp³-hybridized carbons (Fsp3) is 0.667. The second-order valence-corrected chi connectivity index (χ2v) is 9.61. The van der Waals surface area contributed by atoms with Gasteiger partial charge in [0.2, 0.25) is 0 Å². The van der Waals surface area contributed by atoms with Crippen LogP contribution >= 0.6 is 0 Å². The zero-order chi connectivity index (χ0) is 21.2. The molecule has 7 heteroatoms. The fourth-order valence-corrected chi connectivity index (χ4v) is 5.30. The normalized spacial score (nSPS) is 28.7. The Labute approximate surface area is 185 Å². The monoisotopic (exact) mass is 425 g/mol. The minimum Gasteiger partial charge on any atom is -0.378 e. The molecule has 1 N–H and O–H groups in total. The Hall–Kier alpha value is -1.96. The van der Waals surface area contributed by atoms with Crippen LogP contribution < -0.4 is 10.2 Å². The summed E-state index contributed by atoms with van der Waals surface area (Å²) in [4.78, 5) is 2.11. The molecule has 3 aliphatic rings. The zero-order valence-electron chi connectivity index (χ0n) is 18.7. The summed E-state index contributed by atoms with van der Waals surface area (Å²) in [5.74, 6) is 0.773. The SMILES string of the molecule is CN(C)c1ccc(CN[C@H]2CO[C@H]3[C@@H]2OC[C@@H]3n2cc(CC3CCCCC3)nn2)cc1. The Balaban J connectivity index is 1.15. The number of hydrogen-bond acceptors (Lipinski definition) is 6. The Bertz CT molecular complexity index is 846. The lowest BCUT2D eigenvalue weighted by atomic mass is 9.86. The van der Waals surface area contributed by atoms with Gasteiger partial charge in [-0.3, -0.25) is 0 Å². The number of benzene rings is 1. The maximum Gasteiger partial charge on any atom is 0.110 e. The summed E-state index contributed by atoms with van der Waals surface area (Å²) in [6, 6.07) is 8.98. The molecule has 168 valence electrons. The molecule has 2 aliphatic heterocycles. The van der Waals surface area contributed by atoms with Gasteiger partial charge in [-0.15, -0.1) is 5.10 Å². The van der Waals surface area contributed by atoms with Gasteiger partial charge in [0.05, 0.1) is 24.9 Å². The second-order valence-electron chi connectivity index (χ2n) is 9.61. The molecule has 1 saturated carbocycles. The molecule has 5 rings (SSSR count). The average Bonchev–Trinajstić information content (AvgIpc) is 3.50. The molecule has 0 bridgehead atoms. The molecule has 31 heavy (non-hydrogen) atoms. The number of anilines is 1. The van der Waals surface area contributed by atoms with Crippen LogP contribution in [0, 0.1) is 5.92 Å². The highest BCUT2D eigenvalue weighted by atomic mass is 16.6. The number of nitrogens with zero attached hydrogens (tertiary/aromatic N) is 4. The van der Waals surface area contributed by atoms with Crippen molar-refractivity contribution in [1.29, 1.82) is 0 Å². The van der Waals surface area contributed by atoms with Crippen molar-refractivity contribution in [3.63, 3.8) is 0 Å². The molecule has 2 aromatic rings. The van der Waals surface area contributed by atoms with Gasteiger partial charge in [0, 0.05) is 32.5 Å². The predicted octanol–water partition coefficient (Wildman–Crippen LogP) is 2.96. The fourth-order valence-electron chi connectivity index (χ4n) is 5.30. The van der Waals surface area contributed by atoms with Crippen molar-refractivity contribution >= 4 is 5.69 Å². The largest absolute Gasteiger partial charge is 0.378 e. The maximum atomic E-state index is 6.17. The smallest absolute Gasteiger partial charge is 0.110 e. The van der Waals surface area contributed by atoms with Gasteiger partial charge in [-0.1, -0.05) is 49.5 Å². The summed E-state index contributed by atoms with van der Waals surface area (Å²) in [6.07, 6.45) is 10.1. The number of nitrogens with one attached hydrogen (secondary N) is 1. The summed E-state index contributed by atoms with van der Waals surface area (Å²) in [7, 11) is 4.12. The molecule has 7 nitrogen and oxygen atoms in total. The molecule has 0 radical (unpaired) electrons. The van der Waals surface area contributed by atoms with Gasteiger partial charge in [0.15, 0.2) is 0 Å². The van der Waals surface area contributed by atoms with Crippen LogP contribution in [-0.4, -0.2) is 60.6 Å². The van der Waals surface area contributed by atoms with Crippen LogP contribution in [0.4, 0.5) is 5.69 Å². The first kappa shape index (κ1) is 20.9. The highest BCUT2D eigenvalue weighted by Crippen LogP contribution is 2.34. The van der Waals surface area contributed by atoms with Gasteiger partial charge in [0.1, 0.15) is 18.2 Å². The number of fused-ring (bicyclic) bond motifs is 1. The van der Waals surface area contributed by atoms with Crippen LogP contribution in [0.25, 0.3) is 0 Å². The molecule has 4 atom stereocenters. The molecule has 1 aromatic heterocycles. The van der Waals surface area contributed by atoms with E-state index in [1.165, 1.54) is 43.4 Å². The zero-order valence-corrected chi connectivity index (χ0v) is 18.7. The van der Waals surface area contributed by atoms with Crippen molar-refractivity contribution in [3.8, 4) is 0 Å². The number of hydrogen-bond donors (Lipinski definition) is 1. The number of rotatable bonds is 7. The Morgan fingerprint density at radius 3 is 2.58 bits per heavy atom. The molecular weight excluding hydrogens is 390 g/mol. The first-order valence-corrected chi connectivity index (χ1v) is 11.8. The van der Waals surface area contributed by atoms with Gasteiger partial charge < -0.3 is 19.7 Å². The summed E-state index contributed by atoms with van der Waals surface area (Å²) >= 11 is 0. The summed E-state index contributed by atoms with van der Waals surface area (Å²) in [6.45, 7) is 2.12. The van der Waals surface area contributed by atoms with E-state index in [2.05, 4.69) is 65.1 Å². The summed E-state index contributed by atoms with van der Waals surface area (Å²) in [5, 5.41) is 12.6. The van der Waals surface area contributed by atoms with E-state index >= 15 is 0 Å². The highest BCUT2D eigenvalue weighted by molar-refractivity contribution is 5.45. The first-order chi connectivity index (χ1) is 15.2. The van der Waals surface area contributed by atoms with Gasteiger partial charge in [-0.2, -0.15) is 0 Å². The van der Waals surface area contributed by atoms with E-state index in [1.54, 1.807) is 0 Å². The minimum absolute atomic E-state index is 0.0397. The van der Waals surface area contributed by atoms with Crippen molar-refractivity contribution in [1.82, 2.24) is 20.3 Å². The van der Waals surface area contributed by atoms with Crippen LogP contribution in [0.3, 0.4) is 0 Å². The lowest BCUT2D eigenvalue weighted by molar-refractivity contribution is 0.0619. The molecule has 1 aliphatic carbocycles. The van der Waals surface area contributed by atoms with Crippen molar-refractivity contribution in [2.24, 2.45) is 5.92 Å². The van der Waals surface area contributed by atoms with E-state index in [-0.39, 0.29) is 24.3 Å². The van der Waals surface area contributed by atoms with Crippen LogP contribution in [0.1, 0.15) is 49.4 Å². The topological polar surface area (TPSA) is 64.4 Å². The Morgan fingerprint density at radius 1 is 1.03 bits per heavy atom. The molecule has 0 unspecified atom stereocenters. The third-order valence-corrected chi connectivity index (χ3v) is 7.17. The molecule has 3 fully saturated rings.